The van der Waals surface area contributed by atoms with Gasteiger partial charge in [0.05, 0.1) is 24.3 Å². The fraction of sp³-hybridized carbons (Fsp3) is 0.300. The number of nitrogens with two attached hydrogens (primary N) is 2. The van der Waals surface area contributed by atoms with Crippen molar-refractivity contribution in [1.82, 2.24) is 0 Å². The summed E-state index contributed by atoms with van der Waals surface area (Å²) in [5, 5.41) is 0. The molecule has 0 fully saturated rings. The number of hydrogen-bond donors (Lipinski definition) is 2. The summed E-state index contributed by atoms with van der Waals surface area (Å²) in [6, 6.07) is 10.2. The van der Waals surface area contributed by atoms with E-state index in [1.54, 1.807) is 50.2 Å². The van der Waals surface area contributed by atoms with Crippen molar-refractivity contribution in [3.63, 3.8) is 0 Å². The van der Waals surface area contributed by atoms with Gasteiger partial charge in [-0.3, -0.25) is 0 Å². The van der Waals surface area contributed by atoms with Crippen LogP contribution in [0.2, 0.25) is 0 Å². The molecule has 2 aromatic rings. The quantitative estimate of drug-likeness (QED) is 0.640. The van der Waals surface area contributed by atoms with Crippen molar-refractivity contribution in [2.75, 3.05) is 24.7 Å². The zero-order valence-corrected chi connectivity index (χ0v) is 15.7. The number of nitrogen functional groups attached to an aromatic ring is 2. The number of benzene rings is 2. The third kappa shape index (κ3) is 6.12. The maximum Gasteiger partial charge on any atom is 0.338 e. The average molecular weight is 358 g/mol. The minimum absolute atomic E-state index is 0.300. The largest absolute Gasteiger partial charge is 0.462 e. The number of hydrogen-bond acceptors (Lipinski definition) is 6. The molecule has 2 rings (SSSR count). The van der Waals surface area contributed by atoms with Gasteiger partial charge in [-0.25, -0.2) is 9.59 Å². The van der Waals surface area contributed by atoms with Crippen LogP contribution in [0.5, 0.6) is 0 Å². The molecular weight excluding hydrogens is 332 g/mol. The van der Waals surface area contributed by atoms with Crippen molar-refractivity contribution in [3.05, 3.63) is 58.7 Å². The molecule has 6 nitrogen and oxygen atoms in total. The lowest BCUT2D eigenvalue weighted by molar-refractivity contribution is 0.0516. The molecule has 140 valence electrons. The standard InChI is InChI=1S/2C10H13NO2/c2*1-3-13-10(12)8-4-5-9(11)7(2)6-8/h2*4-6H,3,11H2,1-2H3. The molecule has 0 heterocycles. The van der Waals surface area contributed by atoms with E-state index in [0.717, 1.165) is 11.1 Å². The molecule has 26 heavy (non-hydrogen) atoms. The van der Waals surface area contributed by atoms with Gasteiger partial charge in [-0.1, -0.05) is 0 Å². The molecule has 6 heteroatoms. The van der Waals surface area contributed by atoms with E-state index in [9.17, 15) is 9.59 Å². The van der Waals surface area contributed by atoms with Crippen LogP contribution in [0.3, 0.4) is 0 Å². The highest BCUT2D eigenvalue weighted by Gasteiger charge is 2.07. The lowest BCUT2D eigenvalue weighted by atomic mass is 10.1. The smallest absolute Gasteiger partial charge is 0.338 e. The van der Waals surface area contributed by atoms with Gasteiger partial charge in [0.1, 0.15) is 0 Å². The molecule has 0 radical (unpaired) electrons. The maximum atomic E-state index is 11.2. The molecule has 0 aliphatic rings. The summed E-state index contributed by atoms with van der Waals surface area (Å²) in [5.41, 5.74) is 15.5. The fourth-order valence-electron chi connectivity index (χ4n) is 2.03. The predicted molar refractivity (Wildman–Crippen MR) is 103 cm³/mol. The van der Waals surface area contributed by atoms with Crippen LogP contribution in [0.4, 0.5) is 11.4 Å². The van der Waals surface area contributed by atoms with E-state index >= 15 is 0 Å². The summed E-state index contributed by atoms with van der Waals surface area (Å²) in [6.07, 6.45) is 0. The maximum absolute atomic E-state index is 11.2. The van der Waals surface area contributed by atoms with E-state index < -0.39 is 0 Å². The molecule has 0 unspecified atom stereocenters. The molecule has 0 aliphatic heterocycles. The predicted octanol–water partition coefficient (Wildman–Crippen LogP) is 3.51. The second-order valence-electron chi connectivity index (χ2n) is 5.58. The molecule has 2 aromatic carbocycles. The van der Waals surface area contributed by atoms with Gasteiger partial charge in [-0.05, 0) is 75.2 Å². The van der Waals surface area contributed by atoms with Gasteiger partial charge in [0.15, 0.2) is 0 Å². The summed E-state index contributed by atoms with van der Waals surface area (Å²) in [4.78, 5) is 22.5. The molecule has 0 atom stereocenters. The molecule has 0 aliphatic carbocycles. The van der Waals surface area contributed by atoms with E-state index in [2.05, 4.69) is 0 Å². The van der Waals surface area contributed by atoms with E-state index in [1.807, 2.05) is 13.8 Å². The third-order valence-corrected chi connectivity index (χ3v) is 3.56. The molecule has 0 aromatic heterocycles. The summed E-state index contributed by atoms with van der Waals surface area (Å²) < 4.78 is 9.69. The van der Waals surface area contributed by atoms with Crippen LogP contribution in [0, 0.1) is 13.8 Å². The minimum atomic E-state index is -0.300. The van der Waals surface area contributed by atoms with Gasteiger partial charge in [-0.15, -0.1) is 0 Å². The Kier molecular flexibility index (Phi) is 8.15. The van der Waals surface area contributed by atoms with Gasteiger partial charge >= 0.3 is 11.9 Å². The third-order valence-electron chi connectivity index (χ3n) is 3.56. The lowest BCUT2D eigenvalue weighted by Crippen LogP contribution is -2.05. The number of carbonyl (C=O) groups excluding carboxylic acids is 2. The first-order valence-corrected chi connectivity index (χ1v) is 8.36. The van der Waals surface area contributed by atoms with Crippen LogP contribution in [-0.4, -0.2) is 25.2 Å². The van der Waals surface area contributed by atoms with Crippen molar-refractivity contribution in [2.45, 2.75) is 27.7 Å². The summed E-state index contributed by atoms with van der Waals surface area (Å²) in [6.45, 7) is 8.06. The first-order chi connectivity index (χ1) is 12.3. The number of ether oxygens (including phenoxy) is 2. The highest BCUT2D eigenvalue weighted by atomic mass is 16.5. The summed E-state index contributed by atoms with van der Waals surface area (Å²) in [5.74, 6) is -0.601. The highest BCUT2D eigenvalue weighted by Crippen LogP contribution is 2.14. The monoisotopic (exact) mass is 358 g/mol. The van der Waals surface area contributed by atoms with Crippen LogP contribution >= 0.6 is 0 Å². The first-order valence-electron chi connectivity index (χ1n) is 8.36. The number of esters is 2. The van der Waals surface area contributed by atoms with Crippen molar-refractivity contribution in [2.24, 2.45) is 0 Å². The average Bonchev–Trinajstić information content (AvgIpc) is 2.60. The molecule has 0 spiro atoms. The Morgan fingerprint density at radius 2 is 1.12 bits per heavy atom. The molecule has 0 amide bonds. The van der Waals surface area contributed by atoms with E-state index in [4.69, 9.17) is 20.9 Å². The highest BCUT2D eigenvalue weighted by molar-refractivity contribution is 5.90. The van der Waals surface area contributed by atoms with Crippen LogP contribution in [0.15, 0.2) is 36.4 Å². The zero-order chi connectivity index (χ0) is 19.7. The molecule has 4 N–H and O–H groups in total. The second kappa shape index (κ2) is 10.1. The van der Waals surface area contributed by atoms with Gasteiger partial charge in [-0.2, -0.15) is 0 Å². The van der Waals surface area contributed by atoms with Crippen LogP contribution < -0.4 is 11.5 Å². The minimum Gasteiger partial charge on any atom is -0.462 e. The van der Waals surface area contributed by atoms with Gasteiger partial charge < -0.3 is 20.9 Å². The molecule has 0 saturated heterocycles. The van der Waals surface area contributed by atoms with E-state index in [1.165, 1.54) is 0 Å². The van der Waals surface area contributed by atoms with Crippen LogP contribution in [0.25, 0.3) is 0 Å². The summed E-state index contributed by atoms with van der Waals surface area (Å²) in [7, 11) is 0. The Balaban J connectivity index is 0.000000260. The molecular formula is C20H26N2O4. The Morgan fingerprint density at radius 3 is 1.38 bits per heavy atom. The molecule has 0 bridgehead atoms. The Hall–Kier alpha value is -3.02. The van der Waals surface area contributed by atoms with Crippen molar-refractivity contribution in [1.29, 1.82) is 0 Å². The number of carbonyl (C=O) groups is 2. The number of aryl methyl sites for hydroxylation is 2. The van der Waals surface area contributed by atoms with E-state index in [-0.39, 0.29) is 11.9 Å². The van der Waals surface area contributed by atoms with Crippen molar-refractivity contribution < 1.29 is 19.1 Å². The van der Waals surface area contributed by atoms with Crippen molar-refractivity contribution >= 4 is 23.3 Å². The lowest BCUT2D eigenvalue weighted by Gasteiger charge is -2.04. The number of rotatable bonds is 4. The van der Waals surface area contributed by atoms with Gasteiger partial charge in [0, 0.05) is 11.4 Å². The zero-order valence-electron chi connectivity index (χ0n) is 15.7. The van der Waals surface area contributed by atoms with Crippen LogP contribution in [0.1, 0.15) is 45.7 Å². The Labute approximate surface area is 154 Å². The second-order valence-corrected chi connectivity index (χ2v) is 5.58. The molecule has 0 saturated carbocycles. The van der Waals surface area contributed by atoms with Gasteiger partial charge in [0.25, 0.3) is 0 Å². The van der Waals surface area contributed by atoms with E-state index in [0.29, 0.717) is 35.7 Å². The Bertz CT molecular complexity index is 707. The topological polar surface area (TPSA) is 105 Å². The van der Waals surface area contributed by atoms with Crippen LogP contribution in [-0.2, 0) is 9.47 Å². The fourth-order valence-corrected chi connectivity index (χ4v) is 2.03. The van der Waals surface area contributed by atoms with Crippen molar-refractivity contribution in [3.8, 4) is 0 Å². The summed E-state index contributed by atoms with van der Waals surface area (Å²) >= 11 is 0. The SMILES string of the molecule is CCOC(=O)c1ccc(N)c(C)c1.CCOC(=O)c1ccc(N)c(C)c1. The Morgan fingerprint density at radius 1 is 0.769 bits per heavy atom. The van der Waals surface area contributed by atoms with Gasteiger partial charge in [0.2, 0.25) is 0 Å². The first kappa shape index (κ1) is 21.0. The number of anilines is 2. The normalized spacial score (nSPS) is 9.69.